The molecule has 1 fully saturated rings. The van der Waals surface area contributed by atoms with Crippen LogP contribution in [0.1, 0.15) is 35.0 Å². The Morgan fingerprint density at radius 1 is 1.44 bits per heavy atom. The van der Waals surface area contributed by atoms with Gasteiger partial charge < -0.3 is 9.84 Å². The topological polar surface area (TPSA) is 87.0 Å². The Hall–Kier alpha value is -2.45. The van der Waals surface area contributed by atoms with E-state index in [1.165, 1.54) is 4.88 Å². The Bertz CT molecular complexity index is 878. The smallest absolute Gasteiger partial charge is 0.234 e. The normalized spacial score (nSPS) is 15.9. The van der Waals surface area contributed by atoms with E-state index in [-0.39, 0.29) is 5.91 Å². The molecule has 0 radical (unpaired) electrons. The highest BCUT2D eigenvalue weighted by Gasteiger charge is 2.26. The number of hydrogen-bond donors (Lipinski definition) is 2. The summed E-state index contributed by atoms with van der Waals surface area (Å²) in [6.45, 7) is 4.76. The quantitative estimate of drug-likeness (QED) is 0.681. The van der Waals surface area contributed by atoms with Crippen LogP contribution in [0.5, 0.6) is 0 Å². The summed E-state index contributed by atoms with van der Waals surface area (Å²) < 4.78 is 5.40. The lowest BCUT2D eigenvalue weighted by Gasteiger charge is -2.31. The second kappa shape index (κ2) is 8.06. The van der Waals surface area contributed by atoms with E-state index < -0.39 is 0 Å². The van der Waals surface area contributed by atoms with Gasteiger partial charge in [0.25, 0.3) is 0 Å². The number of aryl methyl sites for hydroxylation is 1. The summed E-state index contributed by atoms with van der Waals surface area (Å²) in [4.78, 5) is 15.6. The molecule has 1 saturated heterocycles. The molecule has 0 aliphatic carbocycles. The molecule has 142 valence electrons. The van der Waals surface area contributed by atoms with Crippen molar-refractivity contribution in [1.29, 1.82) is 0 Å². The maximum absolute atomic E-state index is 12.2. The van der Waals surface area contributed by atoms with Gasteiger partial charge in [0.2, 0.25) is 5.91 Å². The molecule has 0 spiro atoms. The number of amides is 1. The van der Waals surface area contributed by atoms with Gasteiger partial charge in [0, 0.05) is 22.6 Å². The largest absolute Gasteiger partial charge is 0.356 e. The Morgan fingerprint density at radius 2 is 2.30 bits per heavy atom. The van der Waals surface area contributed by atoms with Crippen molar-refractivity contribution in [3.05, 3.63) is 46.0 Å². The van der Waals surface area contributed by atoms with E-state index in [2.05, 4.69) is 25.6 Å². The summed E-state index contributed by atoms with van der Waals surface area (Å²) in [5, 5.41) is 16.3. The third-order valence-electron chi connectivity index (χ3n) is 4.97. The molecule has 0 atom stereocenters. The Balaban J connectivity index is 1.29. The molecular weight excluding hydrogens is 362 g/mol. The van der Waals surface area contributed by atoms with Crippen molar-refractivity contribution in [3.8, 4) is 11.3 Å². The highest BCUT2D eigenvalue weighted by atomic mass is 32.1. The molecule has 2 N–H and O–H groups in total. The van der Waals surface area contributed by atoms with E-state index >= 15 is 0 Å². The van der Waals surface area contributed by atoms with Crippen LogP contribution in [0, 0.1) is 6.92 Å². The minimum absolute atomic E-state index is 0.0845. The van der Waals surface area contributed by atoms with Crippen LogP contribution in [0.15, 0.2) is 34.3 Å². The van der Waals surface area contributed by atoms with Gasteiger partial charge in [-0.15, -0.1) is 11.3 Å². The van der Waals surface area contributed by atoms with E-state index in [0.29, 0.717) is 19.0 Å². The fourth-order valence-electron chi connectivity index (χ4n) is 3.53. The first-order chi connectivity index (χ1) is 13.2. The van der Waals surface area contributed by atoms with E-state index in [4.69, 9.17) is 4.52 Å². The van der Waals surface area contributed by atoms with Crippen molar-refractivity contribution in [3.63, 3.8) is 0 Å². The van der Waals surface area contributed by atoms with Crippen LogP contribution in [0.2, 0.25) is 0 Å². The maximum atomic E-state index is 12.2. The molecule has 7 nitrogen and oxygen atoms in total. The number of rotatable bonds is 6. The second-order valence-corrected chi connectivity index (χ2v) is 7.97. The zero-order valence-electron chi connectivity index (χ0n) is 15.3. The zero-order chi connectivity index (χ0) is 18.6. The number of likely N-dealkylation sites (tertiary alicyclic amines) is 1. The molecule has 0 saturated carbocycles. The van der Waals surface area contributed by atoms with Gasteiger partial charge in [0.1, 0.15) is 0 Å². The zero-order valence-corrected chi connectivity index (χ0v) is 16.1. The average molecular weight is 385 g/mol. The number of thiophene rings is 1. The molecule has 27 heavy (non-hydrogen) atoms. The van der Waals surface area contributed by atoms with Crippen molar-refractivity contribution in [1.82, 2.24) is 25.6 Å². The Kier molecular flexibility index (Phi) is 5.35. The molecule has 1 amide bonds. The summed E-state index contributed by atoms with van der Waals surface area (Å²) >= 11 is 1.66. The molecule has 1 aliphatic rings. The van der Waals surface area contributed by atoms with Crippen molar-refractivity contribution in [2.45, 2.75) is 32.2 Å². The number of nitrogens with zero attached hydrogens (tertiary/aromatic N) is 3. The summed E-state index contributed by atoms with van der Waals surface area (Å²) in [7, 11) is 0. The first-order valence-corrected chi connectivity index (χ1v) is 10.1. The monoisotopic (exact) mass is 385 g/mol. The lowest BCUT2D eigenvalue weighted by atomic mass is 9.91. The highest BCUT2D eigenvalue weighted by molar-refractivity contribution is 7.09. The van der Waals surface area contributed by atoms with E-state index in [9.17, 15) is 4.79 Å². The molecule has 1 aliphatic heterocycles. The van der Waals surface area contributed by atoms with Gasteiger partial charge in [0.15, 0.2) is 5.76 Å². The number of nitrogens with one attached hydrogen (secondary N) is 2. The fraction of sp³-hybridized carbons (Fsp3) is 0.421. The number of aromatic amines is 1. The third-order valence-corrected chi connectivity index (χ3v) is 5.84. The van der Waals surface area contributed by atoms with Gasteiger partial charge in [0.05, 0.1) is 30.5 Å². The standard InChI is InChI=1S/C19H23N5O2S/c1-13-9-17(26-23-13)16-11-21-22-19(16)14-4-6-24(7-5-14)12-18(25)20-10-15-3-2-8-27-15/h2-3,8-9,11,14H,4-7,10,12H2,1H3,(H,20,25)(H,21,22). The molecule has 3 aromatic heterocycles. The van der Waals surface area contributed by atoms with E-state index in [1.807, 2.05) is 30.5 Å². The van der Waals surface area contributed by atoms with Crippen LogP contribution in [0.3, 0.4) is 0 Å². The first kappa shape index (κ1) is 17.9. The summed E-state index contributed by atoms with van der Waals surface area (Å²) in [5.41, 5.74) is 2.95. The fourth-order valence-corrected chi connectivity index (χ4v) is 4.18. The summed E-state index contributed by atoms with van der Waals surface area (Å²) in [6, 6.07) is 5.97. The molecule has 4 rings (SSSR count). The van der Waals surface area contributed by atoms with Crippen molar-refractivity contribution in [2.75, 3.05) is 19.6 Å². The molecule has 0 aromatic carbocycles. The van der Waals surface area contributed by atoms with E-state index in [0.717, 1.165) is 48.6 Å². The third kappa shape index (κ3) is 4.28. The molecular formula is C19H23N5O2S. The van der Waals surface area contributed by atoms with Crippen LogP contribution in [0.25, 0.3) is 11.3 Å². The molecule has 0 bridgehead atoms. The number of H-pyrrole nitrogens is 1. The van der Waals surface area contributed by atoms with Gasteiger partial charge >= 0.3 is 0 Å². The second-order valence-electron chi connectivity index (χ2n) is 6.94. The summed E-state index contributed by atoms with van der Waals surface area (Å²) in [6.07, 6.45) is 3.78. The van der Waals surface area contributed by atoms with Crippen molar-refractivity contribution < 1.29 is 9.32 Å². The minimum atomic E-state index is 0.0845. The van der Waals surface area contributed by atoms with Gasteiger partial charge in [-0.05, 0) is 44.3 Å². The van der Waals surface area contributed by atoms with E-state index in [1.54, 1.807) is 17.5 Å². The Labute approximate surface area is 161 Å². The summed E-state index contributed by atoms with van der Waals surface area (Å²) in [5.74, 6) is 1.23. The number of piperidine rings is 1. The Morgan fingerprint density at radius 3 is 3.00 bits per heavy atom. The van der Waals surface area contributed by atoms with Crippen LogP contribution >= 0.6 is 11.3 Å². The minimum Gasteiger partial charge on any atom is -0.356 e. The van der Waals surface area contributed by atoms with Gasteiger partial charge in [-0.25, -0.2) is 0 Å². The SMILES string of the molecule is Cc1cc(-c2cn[nH]c2C2CCN(CC(=O)NCc3cccs3)CC2)on1. The number of hydrogen-bond acceptors (Lipinski definition) is 6. The molecule has 0 unspecified atom stereocenters. The highest BCUT2D eigenvalue weighted by Crippen LogP contribution is 2.33. The first-order valence-electron chi connectivity index (χ1n) is 9.17. The average Bonchev–Trinajstić information content (AvgIpc) is 3.42. The maximum Gasteiger partial charge on any atom is 0.234 e. The molecule has 3 aromatic rings. The van der Waals surface area contributed by atoms with Crippen LogP contribution < -0.4 is 5.32 Å². The predicted molar refractivity (Wildman–Crippen MR) is 103 cm³/mol. The number of carbonyl (C=O) groups is 1. The van der Waals surface area contributed by atoms with Crippen LogP contribution in [-0.2, 0) is 11.3 Å². The molecule has 4 heterocycles. The molecule has 8 heteroatoms. The van der Waals surface area contributed by atoms with Gasteiger partial charge in [-0.2, -0.15) is 5.10 Å². The predicted octanol–water partition coefficient (Wildman–Crippen LogP) is 2.93. The van der Waals surface area contributed by atoms with Crippen LogP contribution in [0.4, 0.5) is 0 Å². The number of carbonyl (C=O) groups excluding carboxylic acids is 1. The van der Waals surface area contributed by atoms with Gasteiger partial charge in [-0.3, -0.25) is 14.8 Å². The van der Waals surface area contributed by atoms with Crippen LogP contribution in [-0.4, -0.2) is 45.8 Å². The lowest BCUT2D eigenvalue weighted by Crippen LogP contribution is -2.41. The van der Waals surface area contributed by atoms with Crippen molar-refractivity contribution >= 4 is 17.2 Å². The lowest BCUT2D eigenvalue weighted by molar-refractivity contribution is -0.122. The van der Waals surface area contributed by atoms with Crippen molar-refractivity contribution in [2.24, 2.45) is 0 Å². The van der Waals surface area contributed by atoms with Gasteiger partial charge in [-0.1, -0.05) is 11.2 Å². The number of aromatic nitrogens is 3.